The van der Waals surface area contributed by atoms with Gasteiger partial charge in [-0.1, -0.05) is 42.1 Å². The highest BCUT2D eigenvalue weighted by Crippen LogP contribution is 2.28. The Kier molecular flexibility index (Phi) is 4.34. The molecule has 0 radical (unpaired) electrons. The average Bonchev–Trinajstić information content (AvgIpc) is 3.12. The summed E-state index contributed by atoms with van der Waals surface area (Å²) in [4.78, 5) is 12.0. The summed E-state index contributed by atoms with van der Waals surface area (Å²) in [5, 5.41) is 9.99. The first-order chi connectivity index (χ1) is 12.6. The number of aromatic nitrogens is 3. The van der Waals surface area contributed by atoms with Crippen molar-refractivity contribution in [1.29, 1.82) is 0 Å². The highest BCUT2D eigenvalue weighted by molar-refractivity contribution is 7.98. The van der Waals surface area contributed by atoms with Gasteiger partial charge < -0.3 is 4.42 Å². The van der Waals surface area contributed by atoms with Gasteiger partial charge in [-0.25, -0.2) is 4.79 Å². The second kappa shape index (κ2) is 6.80. The molecule has 0 fully saturated rings. The van der Waals surface area contributed by atoms with Gasteiger partial charge in [-0.2, -0.15) is 0 Å². The number of nitrogens with zero attached hydrogens (tertiary/aromatic N) is 3. The van der Waals surface area contributed by atoms with Gasteiger partial charge in [0.1, 0.15) is 11.9 Å². The molecule has 0 aliphatic heterocycles. The fraction of sp³-hybridized carbons (Fsp3) is 0.150. The van der Waals surface area contributed by atoms with Crippen LogP contribution in [0.25, 0.3) is 16.7 Å². The molecule has 2 heterocycles. The Balaban J connectivity index is 1.69. The van der Waals surface area contributed by atoms with E-state index in [2.05, 4.69) is 16.3 Å². The zero-order chi connectivity index (χ0) is 18.1. The first-order valence-electron chi connectivity index (χ1n) is 8.24. The van der Waals surface area contributed by atoms with Crippen LogP contribution in [0.1, 0.15) is 16.7 Å². The molecule has 0 bridgehead atoms. The molecule has 0 saturated heterocycles. The van der Waals surface area contributed by atoms with Gasteiger partial charge in [0, 0.05) is 22.9 Å². The van der Waals surface area contributed by atoms with Crippen molar-refractivity contribution in [3.05, 3.63) is 82.0 Å². The summed E-state index contributed by atoms with van der Waals surface area (Å²) in [5.41, 5.74) is 4.38. The minimum absolute atomic E-state index is 0.327. The summed E-state index contributed by atoms with van der Waals surface area (Å²) in [6.45, 7) is 3.99. The van der Waals surface area contributed by atoms with Gasteiger partial charge in [0.25, 0.3) is 0 Å². The monoisotopic (exact) mass is 363 g/mol. The molecule has 26 heavy (non-hydrogen) atoms. The molecule has 0 N–H and O–H groups in total. The van der Waals surface area contributed by atoms with Gasteiger partial charge in [-0.05, 0) is 42.7 Å². The van der Waals surface area contributed by atoms with Crippen LogP contribution in [0.4, 0.5) is 0 Å². The quantitative estimate of drug-likeness (QED) is 0.400. The van der Waals surface area contributed by atoms with Crippen LogP contribution in [0.3, 0.4) is 0 Å². The minimum Gasteiger partial charge on any atom is -0.422 e. The topological polar surface area (TPSA) is 60.9 Å². The predicted octanol–water partition coefficient (Wildman–Crippen LogP) is 4.28. The Labute approximate surface area is 154 Å². The van der Waals surface area contributed by atoms with E-state index >= 15 is 0 Å². The van der Waals surface area contributed by atoms with E-state index in [1.807, 2.05) is 54.8 Å². The summed E-state index contributed by atoms with van der Waals surface area (Å²) < 4.78 is 7.38. The van der Waals surface area contributed by atoms with Crippen LogP contribution < -0.4 is 5.63 Å². The maximum Gasteiger partial charge on any atom is 0.336 e. The van der Waals surface area contributed by atoms with E-state index in [1.165, 1.54) is 0 Å². The zero-order valence-electron chi connectivity index (χ0n) is 14.5. The van der Waals surface area contributed by atoms with Crippen LogP contribution >= 0.6 is 11.8 Å². The lowest BCUT2D eigenvalue weighted by Gasteiger charge is -2.09. The number of rotatable bonds is 4. The van der Waals surface area contributed by atoms with E-state index in [-0.39, 0.29) is 5.63 Å². The largest absolute Gasteiger partial charge is 0.422 e. The second-order valence-corrected chi connectivity index (χ2v) is 7.03. The van der Waals surface area contributed by atoms with Gasteiger partial charge in [-0.3, -0.25) is 4.57 Å². The summed E-state index contributed by atoms with van der Waals surface area (Å²) >= 11 is 1.54. The lowest BCUT2D eigenvalue weighted by molar-refractivity contribution is 0.557. The highest BCUT2D eigenvalue weighted by atomic mass is 32.2. The molecule has 0 atom stereocenters. The number of benzene rings is 2. The SMILES string of the molecule is Cc1ccc2c(CSc3nncn3-c3ccccc3)cc(=O)oc2c1C. The van der Waals surface area contributed by atoms with Crippen LogP contribution in [0.2, 0.25) is 0 Å². The first-order valence-corrected chi connectivity index (χ1v) is 9.23. The molecule has 4 rings (SSSR count). The molecule has 6 heteroatoms. The van der Waals surface area contributed by atoms with E-state index in [9.17, 15) is 4.79 Å². The Bertz CT molecular complexity index is 1130. The minimum atomic E-state index is -0.327. The maximum absolute atomic E-state index is 12.0. The number of hydrogen-bond donors (Lipinski definition) is 0. The van der Waals surface area contributed by atoms with Gasteiger partial charge in [-0.15, -0.1) is 10.2 Å². The van der Waals surface area contributed by atoms with E-state index in [0.717, 1.165) is 32.9 Å². The predicted molar refractivity (Wildman–Crippen MR) is 103 cm³/mol. The molecule has 4 aromatic rings. The summed E-state index contributed by atoms with van der Waals surface area (Å²) in [6, 6.07) is 15.6. The summed E-state index contributed by atoms with van der Waals surface area (Å²) in [7, 11) is 0. The van der Waals surface area contributed by atoms with E-state index < -0.39 is 0 Å². The van der Waals surface area contributed by atoms with Crippen LogP contribution in [-0.4, -0.2) is 14.8 Å². The lowest BCUT2D eigenvalue weighted by Crippen LogP contribution is -2.02. The number of thioether (sulfide) groups is 1. The molecule has 0 aliphatic rings. The van der Waals surface area contributed by atoms with Gasteiger partial charge >= 0.3 is 5.63 Å². The fourth-order valence-electron chi connectivity index (χ4n) is 2.87. The third-order valence-corrected chi connectivity index (χ3v) is 5.42. The van der Waals surface area contributed by atoms with Crippen molar-refractivity contribution in [3.8, 4) is 5.69 Å². The van der Waals surface area contributed by atoms with Crippen molar-refractivity contribution in [3.63, 3.8) is 0 Å². The third-order valence-electron chi connectivity index (χ3n) is 4.43. The Morgan fingerprint density at radius 2 is 1.92 bits per heavy atom. The van der Waals surface area contributed by atoms with Crippen LogP contribution in [0.15, 0.2) is 69.2 Å². The molecule has 0 unspecified atom stereocenters. The Hall–Kier alpha value is -2.86. The number of aryl methyl sites for hydroxylation is 2. The van der Waals surface area contributed by atoms with Crippen molar-refractivity contribution in [2.45, 2.75) is 24.8 Å². The Morgan fingerprint density at radius 3 is 2.73 bits per heavy atom. The zero-order valence-corrected chi connectivity index (χ0v) is 15.3. The Morgan fingerprint density at radius 1 is 1.12 bits per heavy atom. The van der Waals surface area contributed by atoms with E-state index in [4.69, 9.17) is 4.42 Å². The van der Waals surface area contributed by atoms with Crippen LogP contribution in [-0.2, 0) is 5.75 Å². The second-order valence-electron chi connectivity index (χ2n) is 6.08. The van der Waals surface area contributed by atoms with Crippen molar-refractivity contribution in [2.24, 2.45) is 0 Å². The lowest BCUT2D eigenvalue weighted by atomic mass is 10.0. The van der Waals surface area contributed by atoms with Crippen molar-refractivity contribution >= 4 is 22.7 Å². The molecule has 0 saturated carbocycles. The molecule has 2 aromatic carbocycles. The van der Waals surface area contributed by atoms with E-state index in [1.54, 1.807) is 24.2 Å². The first kappa shape index (κ1) is 16.6. The molecule has 2 aromatic heterocycles. The molecule has 130 valence electrons. The normalized spacial score (nSPS) is 11.2. The van der Waals surface area contributed by atoms with Gasteiger partial charge in [0.05, 0.1) is 0 Å². The smallest absolute Gasteiger partial charge is 0.336 e. The van der Waals surface area contributed by atoms with Crippen molar-refractivity contribution < 1.29 is 4.42 Å². The van der Waals surface area contributed by atoms with E-state index in [0.29, 0.717) is 11.3 Å². The third kappa shape index (κ3) is 3.04. The summed E-state index contributed by atoms with van der Waals surface area (Å²) in [6.07, 6.45) is 1.70. The van der Waals surface area contributed by atoms with Crippen LogP contribution in [0, 0.1) is 13.8 Å². The van der Waals surface area contributed by atoms with Gasteiger partial charge in [0.2, 0.25) is 0 Å². The van der Waals surface area contributed by atoms with Crippen LogP contribution in [0.5, 0.6) is 0 Å². The molecule has 0 spiro atoms. The maximum atomic E-state index is 12.0. The van der Waals surface area contributed by atoms with Crippen molar-refractivity contribution in [2.75, 3.05) is 0 Å². The average molecular weight is 363 g/mol. The number of fused-ring (bicyclic) bond motifs is 1. The molecule has 5 nitrogen and oxygen atoms in total. The summed E-state index contributed by atoms with van der Waals surface area (Å²) in [5.74, 6) is 0.607. The van der Waals surface area contributed by atoms with Crippen molar-refractivity contribution in [1.82, 2.24) is 14.8 Å². The fourth-order valence-corrected chi connectivity index (χ4v) is 3.79. The molecule has 0 amide bonds. The number of para-hydroxylation sites is 1. The number of hydrogen-bond acceptors (Lipinski definition) is 5. The standard InChI is InChI=1S/C20H17N3O2S/c1-13-8-9-17-15(10-18(24)25-19(17)14(13)2)11-26-20-22-21-12-23(20)16-6-4-3-5-7-16/h3-10,12H,11H2,1-2H3. The molecular formula is C20H17N3O2S. The molecular weight excluding hydrogens is 346 g/mol. The molecule has 0 aliphatic carbocycles. The van der Waals surface area contributed by atoms with Gasteiger partial charge in [0.15, 0.2) is 5.16 Å². The highest BCUT2D eigenvalue weighted by Gasteiger charge is 2.12.